The van der Waals surface area contributed by atoms with Crippen LogP contribution >= 0.6 is 0 Å². The molecule has 2 unspecified atom stereocenters. The van der Waals surface area contributed by atoms with E-state index < -0.39 is 57.7 Å². The number of ether oxygens (including phenoxy) is 12. The van der Waals surface area contributed by atoms with Gasteiger partial charge < -0.3 is 67.5 Å². The van der Waals surface area contributed by atoms with Gasteiger partial charge in [-0.15, -0.1) is 0 Å². The number of alkyl carbamates (subject to hydrolysis) is 2. The standard InChI is InChI=1S/C76H120N2O16/c1-57(2)65(79)85-46-32-44-77-67(81)93-73(13,14)59(53-87-61-34-23-21-24-35-61)55-91-75(17,18)69(5,6)40-27-29-48-89-71(9,10)42-50-83-63-38-31-39-64(52-63)84-51-43-72(11,12)90-49-30-28-41-70(7,8)76(19,20)92-56-60(54-88-62-36-25-22-26-37-62)74(15,16)94-68(82)78-45-33-47-86-66(80)58(3)4/h21-26,31,34-39,52,59-60H,1,3,27-30,32-33,40-51,53-56H2,2,4-20H3,(H,77,81)(H,78,82). The Morgan fingerprint density at radius 2 is 0.745 bits per heavy atom. The summed E-state index contributed by atoms with van der Waals surface area (Å²) in [5, 5.41) is 5.54. The zero-order valence-electron chi connectivity index (χ0n) is 60.7. The summed E-state index contributed by atoms with van der Waals surface area (Å²) in [5.74, 6) is 1.34. The second kappa shape index (κ2) is 39.0. The fourth-order valence-electron chi connectivity index (χ4n) is 9.42. The molecule has 530 valence electrons. The lowest BCUT2D eigenvalue weighted by Crippen LogP contribution is -2.48. The van der Waals surface area contributed by atoms with E-state index >= 15 is 0 Å². The van der Waals surface area contributed by atoms with E-state index in [4.69, 9.17) is 56.8 Å². The summed E-state index contributed by atoms with van der Waals surface area (Å²) in [4.78, 5) is 49.4. The van der Waals surface area contributed by atoms with Gasteiger partial charge in [0.15, 0.2) is 0 Å². The van der Waals surface area contributed by atoms with Gasteiger partial charge in [0.1, 0.15) is 34.2 Å². The van der Waals surface area contributed by atoms with Crippen molar-refractivity contribution in [2.75, 3.05) is 79.2 Å². The number of carbonyl (C=O) groups excluding carboxylic acids is 4. The first-order valence-corrected chi connectivity index (χ1v) is 33.7. The molecule has 2 atom stereocenters. The monoisotopic (exact) mass is 1320 g/mol. The lowest BCUT2D eigenvalue weighted by atomic mass is 9.73. The molecule has 0 aliphatic heterocycles. The Balaban J connectivity index is 1.39. The van der Waals surface area contributed by atoms with Crippen molar-refractivity contribution in [3.8, 4) is 23.0 Å². The van der Waals surface area contributed by atoms with Crippen LogP contribution in [0.5, 0.6) is 23.0 Å². The van der Waals surface area contributed by atoms with Gasteiger partial charge in [-0.25, -0.2) is 19.2 Å². The van der Waals surface area contributed by atoms with Crippen molar-refractivity contribution in [2.24, 2.45) is 22.7 Å². The zero-order valence-corrected chi connectivity index (χ0v) is 60.7. The molecule has 18 heteroatoms. The van der Waals surface area contributed by atoms with Gasteiger partial charge in [-0.2, -0.15) is 0 Å². The van der Waals surface area contributed by atoms with E-state index in [1.54, 1.807) is 13.8 Å². The largest absolute Gasteiger partial charge is 0.493 e. The molecule has 0 saturated carbocycles. The fraction of sp³-hybridized carbons (Fsp3) is 0.658. The molecule has 3 aromatic rings. The molecule has 0 spiro atoms. The topological polar surface area (TPSA) is 203 Å². The van der Waals surface area contributed by atoms with Crippen LogP contribution in [-0.4, -0.2) is 137 Å². The van der Waals surface area contributed by atoms with Crippen molar-refractivity contribution < 1.29 is 76.0 Å². The van der Waals surface area contributed by atoms with Crippen molar-refractivity contribution in [2.45, 2.75) is 222 Å². The van der Waals surface area contributed by atoms with E-state index in [-0.39, 0.29) is 75.4 Å². The third-order valence-electron chi connectivity index (χ3n) is 18.1. The SMILES string of the molecule is C=C(C)C(=O)OCCCNC(=O)OC(C)(C)C(COc1ccccc1)COC(C)(C)C(C)(C)CCCCOC(C)(C)CCOc1cccc(OCCC(C)(C)OCCCCC(C)(C)C(C)(C)OCC(COc2ccccc2)C(C)(C)OC(=O)NCCCOC(=O)C(=C)C)c1. The van der Waals surface area contributed by atoms with Crippen LogP contribution in [0.1, 0.15) is 189 Å². The average molecular weight is 1320 g/mol. The van der Waals surface area contributed by atoms with E-state index in [2.05, 4.69) is 107 Å². The molecule has 0 aliphatic rings. The van der Waals surface area contributed by atoms with E-state index in [0.717, 1.165) is 50.0 Å². The molecule has 0 saturated heterocycles. The highest BCUT2D eigenvalue weighted by molar-refractivity contribution is 5.87. The number of hydrogen-bond donors (Lipinski definition) is 2. The van der Waals surface area contributed by atoms with Crippen molar-refractivity contribution >= 4 is 24.1 Å². The Bertz CT molecular complexity index is 2560. The molecular weight excluding hydrogens is 1200 g/mol. The molecule has 94 heavy (non-hydrogen) atoms. The highest BCUT2D eigenvalue weighted by Gasteiger charge is 2.43. The molecule has 0 bridgehead atoms. The molecule has 0 fully saturated rings. The van der Waals surface area contributed by atoms with Gasteiger partial charge in [0, 0.05) is 56.4 Å². The van der Waals surface area contributed by atoms with Crippen molar-refractivity contribution in [1.29, 1.82) is 0 Å². The van der Waals surface area contributed by atoms with Crippen LogP contribution in [0, 0.1) is 22.7 Å². The van der Waals surface area contributed by atoms with Crippen LogP contribution in [0.3, 0.4) is 0 Å². The van der Waals surface area contributed by atoms with Gasteiger partial charge in [-0.3, -0.25) is 0 Å². The lowest BCUT2D eigenvalue weighted by molar-refractivity contribution is -0.140. The number of rotatable bonds is 48. The second-order valence-electron chi connectivity index (χ2n) is 29.2. The first kappa shape index (κ1) is 81.9. The predicted molar refractivity (Wildman–Crippen MR) is 371 cm³/mol. The summed E-state index contributed by atoms with van der Waals surface area (Å²) in [7, 11) is 0. The van der Waals surface area contributed by atoms with Gasteiger partial charge in [0.05, 0.1) is 87.1 Å². The summed E-state index contributed by atoms with van der Waals surface area (Å²) < 4.78 is 73.4. The minimum atomic E-state index is -0.958. The second-order valence-corrected chi connectivity index (χ2v) is 29.2. The first-order valence-electron chi connectivity index (χ1n) is 33.7. The maximum absolute atomic E-state index is 13.0. The normalized spacial score (nSPS) is 13.2. The van der Waals surface area contributed by atoms with E-state index in [0.29, 0.717) is 74.8 Å². The molecule has 0 heterocycles. The number of esters is 2. The summed E-state index contributed by atoms with van der Waals surface area (Å²) in [5.41, 5.74) is -3.55. The van der Waals surface area contributed by atoms with Gasteiger partial charge in [0.2, 0.25) is 0 Å². The van der Waals surface area contributed by atoms with Gasteiger partial charge >= 0.3 is 24.1 Å². The number of unbranched alkanes of at least 4 members (excludes halogenated alkanes) is 2. The lowest BCUT2D eigenvalue weighted by Gasteiger charge is -2.44. The van der Waals surface area contributed by atoms with Gasteiger partial charge in [-0.1, -0.05) is 96.2 Å². The zero-order chi connectivity index (χ0) is 70.3. The number of nitrogens with one attached hydrogen (secondary N) is 2. The van der Waals surface area contributed by atoms with Crippen LogP contribution in [0.2, 0.25) is 0 Å². The molecule has 0 aromatic heterocycles. The van der Waals surface area contributed by atoms with Crippen LogP contribution in [0.25, 0.3) is 0 Å². The molecule has 3 rings (SSSR count). The quantitative estimate of drug-likeness (QED) is 0.0234. The van der Waals surface area contributed by atoms with Gasteiger partial charge in [0.25, 0.3) is 0 Å². The smallest absolute Gasteiger partial charge is 0.407 e. The van der Waals surface area contributed by atoms with Crippen molar-refractivity contribution in [3.63, 3.8) is 0 Å². The predicted octanol–water partition coefficient (Wildman–Crippen LogP) is 16.2. The maximum Gasteiger partial charge on any atom is 0.407 e. The third kappa shape index (κ3) is 31.5. The Hall–Kier alpha value is -6.34. The first-order chi connectivity index (χ1) is 43.9. The van der Waals surface area contributed by atoms with Gasteiger partial charge in [-0.05, 0) is 183 Å². The Morgan fingerprint density at radius 3 is 1.10 bits per heavy atom. The average Bonchev–Trinajstić information content (AvgIpc) is 0.824. The Kier molecular flexibility index (Phi) is 34.0. The third-order valence-corrected chi connectivity index (χ3v) is 18.1. The van der Waals surface area contributed by atoms with E-state index in [1.165, 1.54) is 0 Å². The number of benzene rings is 3. The van der Waals surface area contributed by atoms with Crippen molar-refractivity contribution in [3.05, 3.63) is 109 Å². The molecule has 3 aromatic carbocycles. The molecule has 18 nitrogen and oxygen atoms in total. The Labute approximate surface area is 564 Å². The summed E-state index contributed by atoms with van der Waals surface area (Å²) in [6.45, 7) is 47.7. The Morgan fingerprint density at radius 1 is 0.394 bits per heavy atom. The molecule has 2 amide bonds. The minimum absolute atomic E-state index is 0.157. The number of para-hydroxylation sites is 2. The maximum atomic E-state index is 13.0. The van der Waals surface area contributed by atoms with Crippen LogP contribution in [0.4, 0.5) is 9.59 Å². The van der Waals surface area contributed by atoms with E-state index in [1.807, 2.05) is 113 Å². The highest BCUT2D eigenvalue weighted by Crippen LogP contribution is 2.41. The number of carbonyl (C=O) groups is 4. The number of hydrogen-bond acceptors (Lipinski definition) is 16. The molecule has 0 aliphatic carbocycles. The van der Waals surface area contributed by atoms with Crippen LogP contribution in [0.15, 0.2) is 109 Å². The summed E-state index contributed by atoms with van der Waals surface area (Å²) in [6, 6.07) is 26.8. The van der Waals surface area contributed by atoms with Crippen LogP contribution < -0.4 is 29.6 Å². The minimum Gasteiger partial charge on any atom is -0.493 e. The van der Waals surface area contributed by atoms with Crippen molar-refractivity contribution in [1.82, 2.24) is 10.6 Å². The fourth-order valence-corrected chi connectivity index (χ4v) is 9.42. The number of amides is 2. The van der Waals surface area contributed by atoms with E-state index in [9.17, 15) is 19.2 Å². The summed E-state index contributed by atoms with van der Waals surface area (Å²) in [6.07, 6.45) is 6.59. The highest BCUT2D eigenvalue weighted by atomic mass is 16.6. The van der Waals surface area contributed by atoms with Crippen LogP contribution in [-0.2, 0) is 47.5 Å². The molecule has 0 radical (unpaired) electrons. The molecule has 2 N–H and O–H groups in total. The summed E-state index contributed by atoms with van der Waals surface area (Å²) >= 11 is 0. The molecular formula is C76H120N2O16.